The van der Waals surface area contributed by atoms with E-state index in [4.69, 9.17) is 18.9 Å². The van der Waals surface area contributed by atoms with Crippen LogP contribution in [0.2, 0.25) is 0 Å². The Morgan fingerprint density at radius 2 is 0.824 bits per heavy atom. The molecule has 0 bridgehead atoms. The van der Waals surface area contributed by atoms with E-state index in [9.17, 15) is 10.2 Å². The third-order valence-corrected chi connectivity index (χ3v) is 8.63. The first-order chi connectivity index (χ1) is 16.5. The van der Waals surface area contributed by atoms with Crippen molar-refractivity contribution in [3.63, 3.8) is 0 Å². The fraction of sp³-hybridized carbons (Fsp3) is 1.00. The summed E-state index contributed by atoms with van der Waals surface area (Å²) in [5.41, 5.74) is -0.523. The molecular formula is C28H52O6. The summed E-state index contributed by atoms with van der Waals surface area (Å²) in [6.07, 6.45) is 17.2. The van der Waals surface area contributed by atoms with E-state index in [-0.39, 0.29) is 24.0 Å². The van der Waals surface area contributed by atoms with Gasteiger partial charge >= 0.3 is 0 Å². The molecule has 34 heavy (non-hydrogen) atoms. The Hall–Kier alpha value is -0.240. The summed E-state index contributed by atoms with van der Waals surface area (Å²) < 4.78 is 25.4. The highest BCUT2D eigenvalue weighted by Gasteiger charge is 2.53. The fourth-order valence-corrected chi connectivity index (χ4v) is 5.73. The van der Waals surface area contributed by atoms with E-state index in [1.54, 1.807) is 0 Å². The number of hydrogen-bond acceptors (Lipinski definition) is 6. The standard InChI is InChI=1S/C28H52O6/c1-3-5-7-9-11-13-25(19-29)21-31-27(32-22-25)15-17-28(18-16-27)33-23-26(20-30,24-34-28)14-12-10-8-6-4-2/h29-30H,3-24H2,1-2H3. The summed E-state index contributed by atoms with van der Waals surface area (Å²) in [5, 5.41) is 20.2. The summed E-state index contributed by atoms with van der Waals surface area (Å²) in [5.74, 6) is -1.13. The molecule has 3 rings (SSSR count). The van der Waals surface area contributed by atoms with Crippen LogP contribution in [0.1, 0.15) is 117 Å². The third-order valence-electron chi connectivity index (χ3n) is 8.63. The minimum absolute atomic E-state index is 0.120. The Morgan fingerprint density at radius 3 is 1.12 bits per heavy atom. The molecule has 1 aliphatic carbocycles. The highest BCUT2D eigenvalue weighted by atomic mass is 16.7. The quantitative estimate of drug-likeness (QED) is 0.307. The van der Waals surface area contributed by atoms with Crippen LogP contribution in [0.15, 0.2) is 0 Å². The van der Waals surface area contributed by atoms with Crippen molar-refractivity contribution in [2.75, 3.05) is 39.6 Å². The van der Waals surface area contributed by atoms with Crippen molar-refractivity contribution in [1.82, 2.24) is 0 Å². The monoisotopic (exact) mass is 484 g/mol. The van der Waals surface area contributed by atoms with E-state index in [0.29, 0.717) is 26.4 Å². The van der Waals surface area contributed by atoms with Crippen molar-refractivity contribution in [2.45, 2.75) is 128 Å². The Labute approximate surface area is 208 Å². The number of aliphatic hydroxyl groups is 2. The van der Waals surface area contributed by atoms with Crippen molar-refractivity contribution in [1.29, 1.82) is 0 Å². The Kier molecular flexibility index (Phi) is 11.1. The van der Waals surface area contributed by atoms with Gasteiger partial charge in [-0.25, -0.2) is 0 Å². The molecule has 0 radical (unpaired) electrons. The van der Waals surface area contributed by atoms with Crippen molar-refractivity contribution >= 4 is 0 Å². The van der Waals surface area contributed by atoms with Gasteiger partial charge in [0.15, 0.2) is 11.6 Å². The van der Waals surface area contributed by atoms with Crippen molar-refractivity contribution < 1.29 is 29.2 Å². The minimum Gasteiger partial charge on any atom is -0.396 e. The van der Waals surface area contributed by atoms with Gasteiger partial charge < -0.3 is 29.2 Å². The Balaban J connectivity index is 1.42. The van der Waals surface area contributed by atoms with Gasteiger partial charge in [0, 0.05) is 36.5 Å². The highest BCUT2D eigenvalue weighted by molar-refractivity contribution is 4.94. The zero-order valence-corrected chi connectivity index (χ0v) is 22.1. The van der Waals surface area contributed by atoms with Crippen LogP contribution < -0.4 is 0 Å². The molecule has 0 amide bonds. The van der Waals surface area contributed by atoms with Crippen LogP contribution in [0.4, 0.5) is 0 Å². The van der Waals surface area contributed by atoms with E-state index in [1.807, 2.05) is 0 Å². The molecule has 2 heterocycles. The van der Waals surface area contributed by atoms with E-state index in [2.05, 4.69) is 13.8 Å². The summed E-state index contributed by atoms with van der Waals surface area (Å²) in [6, 6.07) is 0. The van der Waals surface area contributed by atoms with Crippen LogP contribution in [-0.4, -0.2) is 61.4 Å². The number of hydrogen-bond donors (Lipinski definition) is 2. The second kappa shape index (κ2) is 13.3. The van der Waals surface area contributed by atoms with E-state index in [0.717, 1.165) is 51.4 Å². The molecule has 6 heteroatoms. The molecule has 3 fully saturated rings. The molecule has 200 valence electrons. The van der Waals surface area contributed by atoms with Gasteiger partial charge in [-0.2, -0.15) is 0 Å². The summed E-state index contributed by atoms with van der Waals surface area (Å²) >= 11 is 0. The molecule has 0 aromatic heterocycles. The highest BCUT2D eigenvalue weighted by Crippen LogP contribution is 2.48. The SMILES string of the molecule is CCCCCCCC1(CO)COC2(CCC3(CC2)OCC(CO)(CCCCCCC)CO3)OC1. The van der Waals surface area contributed by atoms with Gasteiger partial charge in [-0.15, -0.1) is 0 Å². The van der Waals surface area contributed by atoms with Crippen LogP contribution in [0.5, 0.6) is 0 Å². The Morgan fingerprint density at radius 1 is 0.500 bits per heavy atom. The molecular weight excluding hydrogens is 432 g/mol. The Bertz CT molecular complexity index is 501. The van der Waals surface area contributed by atoms with Gasteiger partial charge in [-0.3, -0.25) is 0 Å². The van der Waals surface area contributed by atoms with E-state index in [1.165, 1.54) is 51.4 Å². The molecule has 0 atom stereocenters. The first kappa shape index (κ1) is 28.3. The van der Waals surface area contributed by atoms with Crippen molar-refractivity contribution in [2.24, 2.45) is 10.8 Å². The van der Waals surface area contributed by atoms with E-state index < -0.39 is 11.6 Å². The zero-order chi connectivity index (χ0) is 24.4. The van der Waals surface area contributed by atoms with Gasteiger partial charge in [0.25, 0.3) is 0 Å². The lowest BCUT2D eigenvalue weighted by Crippen LogP contribution is -2.58. The molecule has 2 N–H and O–H groups in total. The molecule has 2 aliphatic heterocycles. The maximum atomic E-state index is 10.1. The average molecular weight is 485 g/mol. The summed E-state index contributed by atoms with van der Waals surface area (Å²) in [7, 11) is 0. The van der Waals surface area contributed by atoms with Crippen molar-refractivity contribution in [3.05, 3.63) is 0 Å². The summed E-state index contributed by atoms with van der Waals surface area (Å²) in [4.78, 5) is 0. The maximum absolute atomic E-state index is 10.1. The number of rotatable bonds is 14. The predicted octanol–water partition coefficient (Wildman–Crippen LogP) is 5.73. The lowest BCUT2D eigenvalue weighted by atomic mass is 9.80. The topological polar surface area (TPSA) is 77.4 Å². The van der Waals surface area contributed by atoms with Gasteiger partial charge in [0.1, 0.15) is 0 Å². The first-order valence-corrected chi connectivity index (χ1v) is 14.3. The number of ether oxygens (including phenoxy) is 4. The number of unbranched alkanes of at least 4 members (excludes halogenated alkanes) is 8. The largest absolute Gasteiger partial charge is 0.396 e. The molecule has 1 saturated carbocycles. The molecule has 2 saturated heterocycles. The lowest BCUT2D eigenvalue weighted by Gasteiger charge is -2.53. The molecule has 6 nitrogen and oxygen atoms in total. The van der Waals surface area contributed by atoms with Gasteiger partial charge in [-0.1, -0.05) is 78.1 Å². The molecule has 0 aromatic carbocycles. The third kappa shape index (κ3) is 7.39. The molecule has 2 spiro atoms. The average Bonchev–Trinajstić information content (AvgIpc) is 2.88. The van der Waals surface area contributed by atoms with Gasteiger partial charge in [0.2, 0.25) is 0 Å². The fourth-order valence-electron chi connectivity index (χ4n) is 5.73. The summed E-state index contributed by atoms with van der Waals surface area (Å²) in [6.45, 7) is 6.97. The first-order valence-electron chi connectivity index (χ1n) is 14.3. The zero-order valence-electron chi connectivity index (χ0n) is 22.1. The second-order valence-electron chi connectivity index (χ2n) is 11.6. The van der Waals surface area contributed by atoms with Crippen molar-refractivity contribution in [3.8, 4) is 0 Å². The van der Waals surface area contributed by atoms with Crippen LogP contribution in [0.3, 0.4) is 0 Å². The maximum Gasteiger partial charge on any atom is 0.168 e. The molecule has 3 aliphatic rings. The second-order valence-corrected chi connectivity index (χ2v) is 11.6. The van der Waals surface area contributed by atoms with Crippen LogP contribution >= 0.6 is 0 Å². The van der Waals surface area contributed by atoms with Gasteiger partial charge in [-0.05, 0) is 12.8 Å². The minimum atomic E-state index is -0.566. The molecule has 0 unspecified atom stereocenters. The van der Waals surface area contributed by atoms with Crippen LogP contribution in [0.25, 0.3) is 0 Å². The number of aliphatic hydroxyl groups excluding tert-OH is 2. The molecule has 0 aromatic rings. The smallest absolute Gasteiger partial charge is 0.168 e. The van der Waals surface area contributed by atoms with E-state index >= 15 is 0 Å². The van der Waals surface area contributed by atoms with Gasteiger partial charge in [0.05, 0.1) is 39.6 Å². The van der Waals surface area contributed by atoms with Crippen LogP contribution in [0, 0.1) is 10.8 Å². The normalized spacial score (nSPS) is 36.4. The predicted molar refractivity (Wildman–Crippen MR) is 134 cm³/mol. The lowest BCUT2D eigenvalue weighted by molar-refractivity contribution is -0.371. The van der Waals surface area contributed by atoms with Crippen LogP contribution in [-0.2, 0) is 18.9 Å².